The molecule has 1 aliphatic carbocycles. The zero-order valence-electron chi connectivity index (χ0n) is 9.58. The van der Waals surface area contributed by atoms with Gasteiger partial charge in [0.25, 0.3) is 0 Å². The predicted molar refractivity (Wildman–Crippen MR) is 57.5 cm³/mol. The summed E-state index contributed by atoms with van der Waals surface area (Å²) in [6, 6.07) is 0.503. The van der Waals surface area contributed by atoms with Crippen molar-refractivity contribution in [3.8, 4) is 0 Å². The summed E-state index contributed by atoms with van der Waals surface area (Å²) in [5.74, 6) is 0. The fraction of sp³-hybridized carbons (Fsp3) is 1.00. The van der Waals surface area contributed by atoms with E-state index in [0.717, 1.165) is 32.6 Å². The van der Waals surface area contributed by atoms with Crippen molar-refractivity contribution in [2.24, 2.45) is 0 Å². The Hall–Kier alpha value is -0.120. The molecule has 0 spiro atoms. The normalized spacial score (nSPS) is 31.5. The van der Waals surface area contributed by atoms with E-state index in [9.17, 15) is 0 Å². The Morgan fingerprint density at radius 3 is 2.57 bits per heavy atom. The molecule has 0 bridgehead atoms. The fourth-order valence-corrected chi connectivity index (χ4v) is 1.90. The lowest BCUT2D eigenvalue weighted by atomic mass is 9.85. The summed E-state index contributed by atoms with van der Waals surface area (Å²) in [5, 5.41) is 3.42. The largest absolute Gasteiger partial charge is 0.376 e. The van der Waals surface area contributed by atoms with Crippen molar-refractivity contribution in [2.75, 3.05) is 19.8 Å². The highest BCUT2D eigenvalue weighted by atomic mass is 16.5. The van der Waals surface area contributed by atoms with Crippen LogP contribution in [0.1, 0.15) is 33.6 Å². The topological polar surface area (TPSA) is 30.5 Å². The van der Waals surface area contributed by atoms with Crippen molar-refractivity contribution >= 4 is 0 Å². The Balaban J connectivity index is 2.27. The van der Waals surface area contributed by atoms with Crippen molar-refractivity contribution in [3.63, 3.8) is 0 Å². The summed E-state index contributed by atoms with van der Waals surface area (Å²) < 4.78 is 11.4. The molecule has 1 aliphatic rings. The van der Waals surface area contributed by atoms with Gasteiger partial charge in [-0.3, -0.25) is 0 Å². The number of rotatable bonds is 7. The van der Waals surface area contributed by atoms with Gasteiger partial charge in [0.2, 0.25) is 0 Å². The van der Waals surface area contributed by atoms with Crippen molar-refractivity contribution in [3.05, 3.63) is 0 Å². The summed E-state index contributed by atoms with van der Waals surface area (Å²) in [4.78, 5) is 0. The third-order valence-electron chi connectivity index (χ3n) is 2.61. The molecule has 0 heterocycles. The van der Waals surface area contributed by atoms with Crippen molar-refractivity contribution in [2.45, 2.75) is 51.9 Å². The summed E-state index contributed by atoms with van der Waals surface area (Å²) in [6.45, 7) is 8.94. The first-order valence-corrected chi connectivity index (χ1v) is 5.80. The van der Waals surface area contributed by atoms with Gasteiger partial charge in [-0.15, -0.1) is 0 Å². The van der Waals surface area contributed by atoms with Crippen LogP contribution >= 0.6 is 0 Å². The van der Waals surface area contributed by atoms with Crippen LogP contribution < -0.4 is 5.32 Å². The van der Waals surface area contributed by atoms with Crippen molar-refractivity contribution in [1.29, 1.82) is 0 Å². The zero-order chi connectivity index (χ0) is 10.4. The molecule has 0 aromatic rings. The Labute approximate surface area is 87.2 Å². The molecule has 3 nitrogen and oxygen atoms in total. The average Bonchev–Trinajstić information content (AvgIpc) is 2.17. The van der Waals surface area contributed by atoms with Gasteiger partial charge in [-0.05, 0) is 26.3 Å². The molecule has 0 aromatic heterocycles. The quantitative estimate of drug-likeness (QED) is 0.678. The lowest BCUT2D eigenvalue weighted by Gasteiger charge is -2.44. The molecule has 0 saturated heterocycles. The molecule has 3 atom stereocenters. The van der Waals surface area contributed by atoms with E-state index in [1.54, 1.807) is 0 Å². The summed E-state index contributed by atoms with van der Waals surface area (Å²) in [7, 11) is 0. The molecule has 3 heteroatoms. The minimum Gasteiger partial charge on any atom is -0.376 e. The lowest BCUT2D eigenvalue weighted by molar-refractivity contribution is -0.144. The number of hydrogen-bond donors (Lipinski definition) is 1. The van der Waals surface area contributed by atoms with Crippen LogP contribution in [0.5, 0.6) is 0 Å². The van der Waals surface area contributed by atoms with Crippen LogP contribution in [-0.2, 0) is 9.47 Å². The first kappa shape index (κ1) is 12.0. The average molecular weight is 201 g/mol. The second kappa shape index (κ2) is 6.38. The molecular weight excluding hydrogens is 178 g/mol. The zero-order valence-corrected chi connectivity index (χ0v) is 9.58. The van der Waals surface area contributed by atoms with Crippen LogP contribution in [-0.4, -0.2) is 38.0 Å². The molecule has 3 unspecified atom stereocenters. The van der Waals surface area contributed by atoms with Gasteiger partial charge in [-0.2, -0.15) is 0 Å². The van der Waals surface area contributed by atoms with E-state index >= 15 is 0 Å². The van der Waals surface area contributed by atoms with E-state index < -0.39 is 0 Å². The first-order valence-electron chi connectivity index (χ1n) is 5.80. The van der Waals surface area contributed by atoms with Crippen LogP contribution in [0.3, 0.4) is 0 Å². The third-order valence-corrected chi connectivity index (χ3v) is 2.61. The fourth-order valence-electron chi connectivity index (χ4n) is 1.90. The highest BCUT2D eigenvalue weighted by Gasteiger charge is 2.41. The maximum atomic E-state index is 5.77. The van der Waals surface area contributed by atoms with Gasteiger partial charge in [0.05, 0.1) is 12.2 Å². The van der Waals surface area contributed by atoms with E-state index in [2.05, 4.69) is 19.2 Å². The van der Waals surface area contributed by atoms with E-state index in [1.807, 2.05) is 6.92 Å². The van der Waals surface area contributed by atoms with E-state index in [4.69, 9.17) is 9.47 Å². The summed E-state index contributed by atoms with van der Waals surface area (Å²) in [6.07, 6.45) is 2.76. The molecule has 0 aromatic carbocycles. The molecule has 0 radical (unpaired) electrons. The Morgan fingerprint density at radius 2 is 2.00 bits per heavy atom. The van der Waals surface area contributed by atoms with Gasteiger partial charge in [-0.1, -0.05) is 13.8 Å². The van der Waals surface area contributed by atoms with Gasteiger partial charge in [0.1, 0.15) is 0 Å². The maximum Gasteiger partial charge on any atom is 0.0990 e. The van der Waals surface area contributed by atoms with Crippen LogP contribution in [0.15, 0.2) is 0 Å². The van der Waals surface area contributed by atoms with Crippen LogP contribution in [0.2, 0.25) is 0 Å². The molecule has 0 aliphatic heterocycles. The molecule has 14 heavy (non-hydrogen) atoms. The Bertz CT molecular complexity index is 140. The lowest BCUT2D eigenvalue weighted by Crippen LogP contribution is -2.60. The second-order valence-corrected chi connectivity index (χ2v) is 3.73. The van der Waals surface area contributed by atoms with Gasteiger partial charge >= 0.3 is 0 Å². The molecule has 84 valence electrons. The number of likely N-dealkylation sites (N-methyl/N-ethyl adjacent to an activating group) is 1. The van der Waals surface area contributed by atoms with E-state index in [0.29, 0.717) is 12.1 Å². The maximum absolute atomic E-state index is 5.77. The highest BCUT2D eigenvalue weighted by molar-refractivity contribution is 4.97. The molecule has 1 N–H and O–H groups in total. The molecule has 1 rings (SSSR count). The van der Waals surface area contributed by atoms with Gasteiger partial charge < -0.3 is 14.8 Å². The Morgan fingerprint density at radius 1 is 1.21 bits per heavy atom. The van der Waals surface area contributed by atoms with Crippen LogP contribution in [0.25, 0.3) is 0 Å². The van der Waals surface area contributed by atoms with E-state index in [1.165, 1.54) is 0 Å². The SMILES string of the molecule is CCCOC1C(NCC)CC1OCC. The van der Waals surface area contributed by atoms with Gasteiger partial charge in [0, 0.05) is 19.3 Å². The van der Waals surface area contributed by atoms with E-state index in [-0.39, 0.29) is 6.10 Å². The molecule has 1 fully saturated rings. The number of nitrogens with one attached hydrogen (secondary N) is 1. The first-order chi connectivity index (χ1) is 6.83. The monoisotopic (exact) mass is 201 g/mol. The standard InChI is InChI=1S/C11H23NO2/c1-4-7-14-11-9(12-5-2)8-10(11)13-6-3/h9-12H,4-8H2,1-3H3. The number of hydrogen-bond acceptors (Lipinski definition) is 3. The molecular formula is C11H23NO2. The van der Waals surface area contributed by atoms with Crippen LogP contribution in [0.4, 0.5) is 0 Å². The van der Waals surface area contributed by atoms with Gasteiger partial charge in [0.15, 0.2) is 0 Å². The molecule has 1 saturated carbocycles. The van der Waals surface area contributed by atoms with Gasteiger partial charge in [-0.25, -0.2) is 0 Å². The van der Waals surface area contributed by atoms with Crippen molar-refractivity contribution < 1.29 is 9.47 Å². The van der Waals surface area contributed by atoms with Crippen molar-refractivity contribution in [1.82, 2.24) is 5.32 Å². The minimum absolute atomic E-state index is 0.273. The highest BCUT2D eigenvalue weighted by Crippen LogP contribution is 2.27. The smallest absolute Gasteiger partial charge is 0.0990 e. The second-order valence-electron chi connectivity index (χ2n) is 3.73. The summed E-state index contributed by atoms with van der Waals surface area (Å²) >= 11 is 0. The minimum atomic E-state index is 0.273. The van der Waals surface area contributed by atoms with Crippen LogP contribution in [0, 0.1) is 0 Å². The number of ether oxygens (including phenoxy) is 2. The third kappa shape index (κ3) is 2.94. The summed E-state index contributed by atoms with van der Waals surface area (Å²) in [5.41, 5.74) is 0. The predicted octanol–water partition coefficient (Wildman–Crippen LogP) is 1.57. The Kier molecular flexibility index (Phi) is 5.45. The molecule has 0 amide bonds.